The van der Waals surface area contributed by atoms with Crippen LogP contribution in [-0.2, 0) is 13.1 Å². The Labute approximate surface area is 118 Å². The third-order valence-electron chi connectivity index (χ3n) is 3.76. The van der Waals surface area contributed by atoms with Gasteiger partial charge in [-0.25, -0.2) is 4.98 Å². The first-order chi connectivity index (χ1) is 9.70. The number of hydrogen-bond donors (Lipinski definition) is 1. The zero-order valence-corrected chi connectivity index (χ0v) is 12.0. The SMILES string of the molecule is CC(C)n1cncc1Cn1ccc2c(CN)cccc21. The first kappa shape index (κ1) is 12.9. The minimum atomic E-state index is 0.425. The summed E-state index contributed by atoms with van der Waals surface area (Å²) in [5.41, 5.74) is 9.44. The minimum Gasteiger partial charge on any atom is -0.341 e. The molecule has 20 heavy (non-hydrogen) atoms. The largest absolute Gasteiger partial charge is 0.341 e. The van der Waals surface area contributed by atoms with Gasteiger partial charge in [0.1, 0.15) is 0 Å². The average Bonchev–Trinajstić information content (AvgIpc) is 3.06. The predicted molar refractivity (Wildman–Crippen MR) is 81.5 cm³/mol. The maximum Gasteiger partial charge on any atom is 0.0951 e. The van der Waals surface area contributed by atoms with E-state index < -0.39 is 0 Å². The molecule has 1 aromatic carbocycles. The van der Waals surface area contributed by atoms with Crippen molar-refractivity contribution in [1.82, 2.24) is 14.1 Å². The molecule has 0 aliphatic rings. The van der Waals surface area contributed by atoms with Crippen LogP contribution in [0.1, 0.15) is 31.1 Å². The molecule has 0 radical (unpaired) electrons. The Bertz CT molecular complexity index is 721. The molecule has 3 rings (SSSR count). The molecule has 2 heterocycles. The summed E-state index contributed by atoms with van der Waals surface area (Å²) in [7, 11) is 0. The molecule has 0 spiro atoms. The second-order valence-corrected chi connectivity index (χ2v) is 5.38. The highest BCUT2D eigenvalue weighted by atomic mass is 15.1. The highest BCUT2D eigenvalue weighted by molar-refractivity contribution is 5.83. The van der Waals surface area contributed by atoms with Crippen LogP contribution in [0.4, 0.5) is 0 Å². The van der Waals surface area contributed by atoms with Crippen LogP contribution in [0.25, 0.3) is 10.9 Å². The third-order valence-corrected chi connectivity index (χ3v) is 3.76. The number of nitrogens with two attached hydrogens (primary N) is 1. The van der Waals surface area contributed by atoms with E-state index in [1.54, 1.807) is 0 Å². The Morgan fingerprint density at radius 2 is 2.10 bits per heavy atom. The van der Waals surface area contributed by atoms with Gasteiger partial charge in [0.2, 0.25) is 0 Å². The molecule has 0 amide bonds. The van der Waals surface area contributed by atoms with Crippen molar-refractivity contribution in [3.8, 4) is 0 Å². The van der Waals surface area contributed by atoms with E-state index in [4.69, 9.17) is 5.73 Å². The fourth-order valence-corrected chi connectivity index (χ4v) is 2.70. The molecule has 0 saturated heterocycles. The normalized spacial score (nSPS) is 11.6. The van der Waals surface area contributed by atoms with Gasteiger partial charge in [-0.15, -0.1) is 0 Å². The van der Waals surface area contributed by atoms with Crippen molar-refractivity contribution < 1.29 is 0 Å². The Morgan fingerprint density at radius 3 is 2.85 bits per heavy atom. The van der Waals surface area contributed by atoms with Crippen molar-refractivity contribution in [2.75, 3.05) is 0 Å². The van der Waals surface area contributed by atoms with Crippen LogP contribution in [0, 0.1) is 0 Å². The predicted octanol–water partition coefficient (Wildman–Crippen LogP) is 2.93. The molecule has 4 nitrogen and oxygen atoms in total. The van der Waals surface area contributed by atoms with E-state index in [2.05, 4.69) is 58.4 Å². The molecule has 0 unspecified atom stereocenters. The lowest BCUT2D eigenvalue weighted by Crippen LogP contribution is -2.08. The van der Waals surface area contributed by atoms with Gasteiger partial charge in [0.05, 0.1) is 18.6 Å². The van der Waals surface area contributed by atoms with Gasteiger partial charge in [-0.3, -0.25) is 0 Å². The Balaban J connectivity index is 2.01. The Kier molecular flexibility index (Phi) is 3.32. The molecule has 0 bridgehead atoms. The quantitative estimate of drug-likeness (QED) is 0.791. The molecular formula is C16H20N4. The number of nitrogens with zero attached hydrogens (tertiary/aromatic N) is 3. The van der Waals surface area contributed by atoms with Crippen molar-refractivity contribution in [3.63, 3.8) is 0 Å². The highest BCUT2D eigenvalue weighted by Crippen LogP contribution is 2.21. The van der Waals surface area contributed by atoms with Crippen LogP contribution in [0.3, 0.4) is 0 Å². The monoisotopic (exact) mass is 268 g/mol. The van der Waals surface area contributed by atoms with E-state index in [1.807, 2.05) is 12.5 Å². The minimum absolute atomic E-state index is 0.425. The lowest BCUT2D eigenvalue weighted by Gasteiger charge is -2.13. The van der Waals surface area contributed by atoms with Crippen molar-refractivity contribution in [1.29, 1.82) is 0 Å². The van der Waals surface area contributed by atoms with Gasteiger partial charge >= 0.3 is 0 Å². The van der Waals surface area contributed by atoms with Crippen molar-refractivity contribution in [2.45, 2.75) is 33.0 Å². The van der Waals surface area contributed by atoms with E-state index in [1.165, 1.54) is 22.2 Å². The summed E-state index contributed by atoms with van der Waals surface area (Å²) in [6, 6.07) is 8.87. The van der Waals surface area contributed by atoms with Crippen molar-refractivity contribution >= 4 is 10.9 Å². The Hall–Kier alpha value is -2.07. The topological polar surface area (TPSA) is 48.8 Å². The maximum absolute atomic E-state index is 5.80. The lowest BCUT2D eigenvalue weighted by molar-refractivity contribution is 0.564. The summed E-state index contributed by atoms with van der Waals surface area (Å²) in [4.78, 5) is 4.27. The first-order valence-electron chi connectivity index (χ1n) is 6.98. The zero-order chi connectivity index (χ0) is 14.1. The van der Waals surface area contributed by atoms with Gasteiger partial charge in [0.25, 0.3) is 0 Å². The number of aromatic nitrogens is 3. The summed E-state index contributed by atoms with van der Waals surface area (Å²) in [5, 5.41) is 1.24. The van der Waals surface area contributed by atoms with Gasteiger partial charge in [-0.1, -0.05) is 12.1 Å². The summed E-state index contributed by atoms with van der Waals surface area (Å²) in [6.45, 7) is 5.75. The zero-order valence-electron chi connectivity index (χ0n) is 12.0. The lowest BCUT2D eigenvalue weighted by atomic mass is 10.1. The maximum atomic E-state index is 5.80. The number of benzene rings is 1. The van der Waals surface area contributed by atoms with Gasteiger partial charge in [-0.2, -0.15) is 0 Å². The Morgan fingerprint density at radius 1 is 1.25 bits per heavy atom. The van der Waals surface area contributed by atoms with E-state index in [9.17, 15) is 0 Å². The van der Waals surface area contributed by atoms with Crippen molar-refractivity contribution in [2.24, 2.45) is 5.73 Å². The molecule has 0 atom stereocenters. The van der Waals surface area contributed by atoms with Gasteiger partial charge in [0, 0.05) is 35.9 Å². The van der Waals surface area contributed by atoms with Crippen molar-refractivity contribution in [3.05, 3.63) is 54.2 Å². The van der Waals surface area contributed by atoms with E-state index in [0.717, 1.165) is 6.54 Å². The van der Waals surface area contributed by atoms with Gasteiger partial charge in [0.15, 0.2) is 0 Å². The highest BCUT2D eigenvalue weighted by Gasteiger charge is 2.09. The number of fused-ring (bicyclic) bond motifs is 1. The summed E-state index contributed by atoms with van der Waals surface area (Å²) >= 11 is 0. The molecular weight excluding hydrogens is 248 g/mol. The van der Waals surface area contributed by atoms with E-state index >= 15 is 0 Å². The molecule has 104 valence electrons. The van der Waals surface area contributed by atoms with Gasteiger partial charge < -0.3 is 14.9 Å². The summed E-state index contributed by atoms with van der Waals surface area (Å²) < 4.78 is 4.46. The third kappa shape index (κ3) is 2.12. The smallest absolute Gasteiger partial charge is 0.0951 e. The fraction of sp³-hybridized carbons (Fsp3) is 0.312. The molecule has 0 aliphatic heterocycles. The molecule has 2 N–H and O–H groups in total. The molecule has 4 heteroatoms. The van der Waals surface area contributed by atoms with E-state index in [0.29, 0.717) is 12.6 Å². The first-order valence-corrected chi connectivity index (χ1v) is 6.98. The summed E-state index contributed by atoms with van der Waals surface area (Å²) in [6.07, 6.45) is 5.97. The molecule has 3 aromatic rings. The molecule has 0 saturated carbocycles. The van der Waals surface area contributed by atoms with Gasteiger partial charge in [-0.05, 0) is 31.5 Å². The number of rotatable bonds is 4. The molecule has 0 fully saturated rings. The number of imidazole rings is 1. The average molecular weight is 268 g/mol. The second kappa shape index (κ2) is 5.13. The van der Waals surface area contributed by atoms with Crippen LogP contribution < -0.4 is 5.73 Å². The standard InChI is InChI=1S/C16H20N4/c1-12(2)20-11-18-9-14(20)10-19-7-6-15-13(8-17)4-3-5-16(15)19/h3-7,9,11-12H,8,10,17H2,1-2H3. The molecule has 2 aromatic heterocycles. The van der Waals surface area contributed by atoms with Crippen LogP contribution in [0.15, 0.2) is 43.0 Å². The van der Waals surface area contributed by atoms with E-state index in [-0.39, 0.29) is 0 Å². The van der Waals surface area contributed by atoms with Crippen LogP contribution in [-0.4, -0.2) is 14.1 Å². The number of hydrogen-bond acceptors (Lipinski definition) is 2. The van der Waals surface area contributed by atoms with Crippen LogP contribution >= 0.6 is 0 Å². The summed E-state index contributed by atoms with van der Waals surface area (Å²) in [5.74, 6) is 0. The van der Waals surface area contributed by atoms with Crippen LogP contribution in [0.2, 0.25) is 0 Å². The second-order valence-electron chi connectivity index (χ2n) is 5.38. The van der Waals surface area contributed by atoms with Crippen LogP contribution in [0.5, 0.6) is 0 Å². The molecule has 0 aliphatic carbocycles. The fourth-order valence-electron chi connectivity index (χ4n) is 2.70.